The van der Waals surface area contributed by atoms with Crippen molar-refractivity contribution in [3.05, 3.63) is 217 Å². The van der Waals surface area contributed by atoms with Crippen molar-refractivity contribution in [1.82, 2.24) is 60.0 Å². The fourth-order valence-electron chi connectivity index (χ4n) is 6.39. The monoisotopic (exact) mass is 1040 g/mol. The van der Waals surface area contributed by atoms with E-state index in [9.17, 15) is 0 Å². The van der Waals surface area contributed by atoms with Crippen LogP contribution in [0.15, 0.2) is 183 Å². The van der Waals surface area contributed by atoms with Crippen LogP contribution in [-0.2, 0) is 0 Å². The lowest BCUT2D eigenvalue weighted by atomic mass is 10.2. The average molecular weight is 1050 g/mol. The van der Waals surface area contributed by atoms with Crippen molar-refractivity contribution in [3.8, 4) is 0 Å². The molecule has 0 saturated carbocycles. The Morgan fingerprint density at radius 3 is 1.33 bits per heavy atom. The highest BCUT2D eigenvalue weighted by Crippen LogP contribution is 2.13. The number of hydrogen-bond acceptors (Lipinski definition) is 12. The Bertz CT molecular complexity index is 2890. The zero-order valence-electron chi connectivity index (χ0n) is 49.7. The van der Waals surface area contributed by atoms with Crippen LogP contribution in [0.2, 0.25) is 0 Å². The molecule has 0 atom stereocenters. The van der Waals surface area contributed by atoms with Gasteiger partial charge in [0.25, 0.3) is 0 Å². The molecule has 0 aliphatic heterocycles. The summed E-state index contributed by atoms with van der Waals surface area (Å²) in [6.07, 6.45) is 15.9. The second-order valence-electron chi connectivity index (χ2n) is 15.2. The minimum absolute atomic E-state index is 0.957. The zero-order chi connectivity index (χ0) is 58.1. The summed E-state index contributed by atoms with van der Waals surface area (Å²) in [7, 11) is 0. The number of nitrogens with zero attached hydrogens (tertiary/aromatic N) is 12. The van der Waals surface area contributed by atoms with Crippen LogP contribution in [0.1, 0.15) is 117 Å². The predicted octanol–water partition coefficient (Wildman–Crippen LogP) is 17.8. The molecule has 3 aromatic carbocycles. The summed E-state index contributed by atoms with van der Waals surface area (Å²) in [4.78, 5) is 42.0. The molecule has 0 aliphatic rings. The van der Waals surface area contributed by atoms with Gasteiger partial charge in [0, 0.05) is 65.5 Å². The summed E-state index contributed by atoms with van der Waals surface area (Å²) in [6, 6.07) is 41.7. The minimum Gasteiger partial charge on any atom is -0.262 e. The molecule has 0 aliphatic carbocycles. The molecule has 0 saturated heterocycles. The Labute approximate surface area is 465 Å². The second-order valence-corrected chi connectivity index (χ2v) is 15.2. The molecule has 78 heavy (non-hydrogen) atoms. The summed E-state index contributed by atoms with van der Waals surface area (Å²) in [5, 5.41) is 10.1. The maximum absolute atomic E-state index is 4.31. The third-order valence-electron chi connectivity index (χ3n) is 9.68. The van der Waals surface area contributed by atoms with E-state index >= 15 is 0 Å². The third-order valence-corrected chi connectivity index (χ3v) is 9.68. The molecule has 0 unspecified atom stereocenters. The van der Waals surface area contributed by atoms with Crippen LogP contribution >= 0.6 is 0 Å². The van der Waals surface area contributed by atoms with Crippen molar-refractivity contribution in [2.45, 2.75) is 125 Å². The molecule has 0 fully saturated rings. The summed E-state index contributed by atoms with van der Waals surface area (Å²) in [5.41, 5.74) is 16.2. The molecule has 9 heterocycles. The number of para-hydroxylation sites is 2. The van der Waals surface area contributed by atoms with Gasteiger partial charge in [0.2, 0.25) is 0 Å². The number of fused-ring (bicyclic) bond motifs is 6. The van der Waals surface area contributed by atoms with Crippen molar-refractivity contribution < 1.29 is 0 Å². The molecule has 408 valence electrons. The van der Waals surface area contributed by atoms with Gasteiger partial charge in [-0.3, -0.25) is 44.9 Å². The molecule has 12 rings (SSSR count). The first kappa shape index (κ1) is 67.4. The Morgan fingerprint density at radius 1 is 0.256 bits per heavy atom. The van der Waals surface area contributed by atoms with Gasteiger partial charge in [-0.2, -0.15) is 10.2 Å². The Hall–Kier alpha value is -8.64. The van der Waals surface area contributed by atoms with Crippen LogP contribution in [-0.4, -0.2) is 60.0 Å². The van der Waals surface area contributed by atoms with E-state index in [0.717, 1.165) is 88.6 Å². The quantitative estimate of drug-likeness (QED) is 0.142. The van der Waals surface area contributed by atoms with Crippen molar-refractivity contribution in [2.75, 3.05) is 0 Å². The topological polar surface area (TPSA) is 155 Å². The van der Waals surface area contributed by atoms with Gasteiger partial charge in [0.15, 0.2) is 0 Å². The number of pyridine rings is 6. The Kier molecular flexibility index (Phi) is 35.1. The maximum atomic E-state index is 4.31. The van der Waals surface area contributed by atoms with Crippen molar-refractivity contribution in [3.63, 3.8) is 0 Å². The van der Waals surface area contributed by atoms with Crippen LogP contribution in [0.25, 0.3) is 65.9 Å². The molecule has 0 spiro atoms. The number of aromatic nitrogens is 12. The normalized spacial score (nSPS) is 9.15. The van der Waals surface area contributed by atoms with E-state index in [4.69, 9.17) is 0 Å². The van der Waals surface area contributed by atoms with Crippen LogP contribution < -0.4 is 0 Å². The van der Waals surface area contributed by atoms with Crippen molar-refractivity contribution in [2.24, 2.45) is 0 Å². The lowest BCUT2D eigenvalue weighted by Gasteiger charge is -1.95. The van der Waals surface area contributed by atoms with Gasteiger partial charge in [-0.25, -0.2) is 4.98 Å². The molecule has 12 nitrogen and oxygen atoms in total. The lowest BCUT2D eigenvalue weighted by molar-refractivity contribution is 1.07. The lowest BCUT2D eigenvalue weighted by Crippen LogP contribution is -1.85. The smallest absolute Gasteiger partial charge is 0.0932 e. The largest absolute Gasteiger partial charge is 0.262 e. The SMILES string of the molecule is CC.CC.CC.CC.CC.CC.Cc1ccc2ccncc2n1.Cc1ccc2ccnnc2c1.Cc1ccc2ncccc2n1.Cc1ccc2nccnc2c1.Cc1cnc2ccccc2n1.Cc1cnc2cccnc2c1. The number of benzene rings is 3. The summed E-state index contributed by atoms with van der Waals surface area (Å²) < 4.78 is 0. The number of rotatable bonds is 0. The summed E-state index contributed by atoms with van der Waals surface area (Å²) in [6.45, 7) is 36.0. The second kappa shape index (κ2) is 40.6. The van der Waals surface area contributed by atoms with Gasteiger partial charge in [0.05, 0.1) is 73.3 Å². The average Bonchev–Trinajstić information content (AvgIpc) is 3.51. The highest BCUT2D eigenvalue weighted by atomic mass is 15.1. The van der Waals surface area contributed by atoms with E-state index in [1.807, 2.05) is 240 Å². The highest BCUT2D eigenvalue weighted by Gasteiger charge is 1.97. The molecule has 9 aromatic heterocycles. The molecule has 0 radical (unpaired) electrons. The Morgan fingerprint density at radius 2 is 0.667 bits per heavy atom. The Balaban J connectivity index is 0.000000450. The van der Waals surface area contributed by atoms with Gasteiger partial charge >= 0.3 is 0 Å². The first-order valence-corrected chi connectivity index (χ1v) is 27.2. The maximum Gasteiger partial charge on any atom is 0.0932 e. The van der Waals surface area contributed by atoms with Crippen LogP contribution in [0.4, 0.5) is 0 Å². The molecule has 0 amide bonds. The standard InChI is InChI=1S/6C9H8N2.6C2H6/c1-7-2-3-8-4-5-10-6-9(8)11-7;1-7-2-3-8-9(6-7)11-5-4-10-8;1-7-2-3-8-4-5-10-11-9(8)6-7;1-7-4-5-8-9(11-7)3-2-6-10-8;1-7-5-9-8(11-6-7)3-2-4-10-9;1-7-6-10-8-4-2-3-5-9(8)11-7;6*1-2/h6*2-6H,1H3;6*1-2H3. The fraction of sp³-hybridized carbons (Fsp3) is 0.273. The zero-order valence-corrected chi connectivity index (χ0v) is 49.7. The van der Waals surface area contributed by atoms with Crippen LogP contribution in [0.3, 0.4) is 0 Å². The molecule has 12 heteroatoms. The van der Waals surface area contributed by atoms with Crippen LogP contribution in [0, 0.1) is 41.5 Å². The van der Waals surface area contributed by atoms with E-state index < -0.39 is 0 Å². The number of hydrogen-bond donors (Lipinski definition) is 0. The first-order valence-electron chi connectivity index (χ1n) is 27.2. The van der Waals surface area contributed by atoms with E-state index in [-0.39, 0.29) is 0 Å². The molecule has 12 aromatic rings. The van der Waals surface area contributed by atoms with Gasteiger partial charge in [0.1, 0.15) is 0 Å². The third kappa shape index (κ3) is 23.9. The highest BCUT2D eigenvalue weighted by molar-refractivity contribution is 5.79. The van der Waals surface area contributed by atoms with Gasteiger partial charge in [-0.15, -0.1) is 0 Å². The van der Waals surface area contributed by atoms with Crippen LogP contribution in [0.5, 0.6) is 0 Å². The fourth-order valence-corrected chi connectivity index (χ4v) is 6.39. The van der Waals surface area contributed by atoms with E-state index in [0.29, 0.717) is 0 Å². The van der Waals surface area contributed by atoms with Gasteiger partial charge < -0.3 is 0 Å². The van der Waals surface area contributed by atoms with E-state index in [2.05, 4.69) is 78.2 Å². The summed E-state index contributed by atoms with van der Waals surface area (Å²) in [5.74, 6) is 0. The molecule has 0 bridgehead atoms. The molecular formula is C66H84N12. The number of aryl methyl sites for hydroxylation is 6. The predicted molar refractivity (Wildman–Crippen MR) is 334 cm³/mol. The van der Waals surface area contributed by atoms with E-state index in [1.165, 1.54) is 11.1 Å². The van der Waals surface area contributed by atoms with Crippen molar-refractivity contribution in [1.29, 1.82) is 0 Å². The molecule has 0 N–H and O–H groups in total. The van der Waals surface area contributed by atoms with Gasteiger partial charge in [-0.1, -0.05) is 119 Å². The minimum atomic E-state index is 0.957. The van der Waals surface area contributed by atoms with Crippen molar-refractivity contribution >= 4 is 65.9 Å². The van der Waals surface area contributed by atoms with Gasteiger partial charge in [-0.05, 0) is 149 Å². The molecular weight excluding hydrogens is 961 g/mol. The first-order chi connectivity index (χ1) is 38.2. The summed E-state index contributed by atoms with van der Waals surface area (Å²) >= 11 is 0. The van der Waals surface area contributed by atoms with E-state index in [1.54, 1.807) is 49.6 Å².